The molecule has 0 aliphatic heterocycles. The van der Waals surface area contributed by atoms with Gasteiger partial charge in [0.15, 0.2) is 5.16 Å². The summed E-state index contributed by atoms with van der Waals surface area (Å²) in [6.45, 7) is 3.27. The molecule has 0 atom stereocenters. The van der Waals surface area contributed by atoms with Gasteiger partial charge in [-0.3, -0.25) is 0 Å². The van der Waals surface area contributed by atoms with Crippen LogP contribution in [0, 0.1) is 6.92 Å². The Labute approximate surface area is 137 Å². The van der Waals surface area contributed by atoms with Crippen LogP contribution in [0.2, 0.25) is 0 Å². The second kappa shape index (κ2) is 6.97. The van der Waals surface area contributed by atoms with E-state index in [0.29, 0.717) is 24.5 Å². The predicted octanol–water partition coefficient (Wildman–Crippen LogP) is 2.63. The van der Waals surface area contributed by atoms with Gasteiger partial charge in [-0.25, -0.2) is 4.79 Å². The SMILES string of the molecule is COCCn1cnnc1SCc1cc(=O)oc2cc(C)ccc12. The Hall–Kier alpha value is -2.12. The Bertz CT molecular complexity index is 872. The van der Waals surface area contributed by atoms with Crippen molar-refractivity contribution in [3.8, 4) is 0 Å². The molecule has 0 N–H and O–H groups in total. The largest absolute Gasteiger partial charge is 0.423 e. The van der Waals surface area contributed by atoms with Crippen molar-refractivity contribution in [3.63, 3.8) is 0 Å². The molecule has 3 rings (SSSR count). The summed E-state index contributed by atoms with van der Waals surface area (Å²) in [6.07, 6.45) is 1.68. The maximum absolute atomic E-state index is 11.8. The van der Waals surface area contributed by atoms with Gasteiger partial charge >= 0.3 is 5.63 Å². The molecule has 1 aromatic carbocycles. The zero-order valence-electron chi connectivity index (χ0n) is 13.0. The summed E-state index contributed by atoms with van der Waals surface area (Å²) in [5.41, 5.74) is 2.28. The summed E-state index contributed by atoms with van der Waals surface area (Å²) < 4.78 is 12.3. The third-order valence-electron chi connectivity index (χ3n) is 3.46. The first kappa shape index (κ1) is 15.8. The molecule has 2 heterocycles. The summed E-state index contributed by atoms with van der Waals surface area (Å²) in [5, 5.41) is 9.81. The fraction of sp³-hybridized carbons (Fsp3) is 0.312. The molecule has 0 saturated carbocycles. The van der Waals surface area contributed by atoms with Gasteiger partial charge in [0, 0.05) is 30.9 Å². The molecular formula is C16H17N3O3S. The van der Waals surface area contributed by atoms with E-state index in [1.807, 2.05) is 29.7 Å². The molecule has 0 saturated heterocycles. The van der Waals surface area contributed by atoms with Gasteiger partial charge in [-0.15, -0.1) is 10.2 Å². The smallest absolute Gasteiger partial charge is 0.336 e. The Morgan fingerprint density at radius 1 is 1.35 bits per heavy atom. The van der Waals surface area contributed by atoms with Crippen LogP contribution in [0.5, 0.6) is 0 Å². The van der Waals surface area contributed by atoms with Crippen LogP contribution >= 0.6 is 11.8 Å². The van der Waals surface area contributed by atoms with E-state index in [2.05, 4.69) is 10.2 Å². The second-order valence-electron chi connectivity index (χ2n) is 5.18. The van der Waals surface area contributed by atoms with Crippen molar-refractivity contribution in [1.82, 2.24) is 14.8 Å². The normalized spacial score (nSPS) is 11.2. The van der Waals surface area contributed by atoms with Crippen LogP contribution in [0.1, 0.15) is 11.1 Å². The molecule has 0 unspecified atom stereocenters. The molecule has 0 bridgehead atoms. The van der Waals surface area contributed by atoms with Crippen molar-refractivity contribution >= 4 is 22.7 Å². The van der Waals surface area contributed by atoms with E-state index in [4.69, 9.17) is 9.15 Å². The van der Waals surface area contributed by atoms with E-state index in [1.165, 1.54) is 11.8 Å². The Balaban J connectivity index is 1.85. The zero-order valence-corrected chi connectivity index (χ0v) is 13.8. The summed E-state index contributed by atoms with van der Waals surface area (Å²) in [5.74, 6) is 0.622. The Morgan fingerprint density at radius 2 is 2.22 bits per heavy atom. The lowest BCUT2D eigenvalue weighted by Gasteiger charge is -2.07. The number of nitrogens with zero attached hydrogens (tertiary/aromatic N) is 3. The molecule has 0 aliphatic rings. The zero-order chi connectivity index (χ0) is 16.2. The summed E-state index contributed by atoms with van der Waals surface area (Å²) in [6, 6.07) is 7.42. The standard InChI is InChI=1S/C16H17N3O3S/c1-11-3-4-13-12(8-15(20)22-14(13)7-11)9-23-16-18-17-10-19(16)5-6-21-2/h3-4,7-8,10H,5-6,9H2,1-2H3. The van der Waals surface area contributed by atoms with Crippen LogP contribution in [-0.4, -0.2) is 28.5 Å². The van der Waals surface area contributed by atoms with Crippen LogP contribution in [0.4, 0.5) is 0 Å². The van der Waals surface area contributed by atoms with Gasteiger partial charge in [-0.1, -0.05) is 23.9 Å². The fourth-order valence-electron chi connectivity index (χ4n) is 2.30. The lowest BCUT2D eigenvalue weighted by molar-refractivity contribution is 0.184. The fourth-order valence-corrected chi connectivity index (χ4v) is 3.23. The number of hydrogen-bond donors (Lipinski definition) is 0. The molecular weight excluding hydrogens is 314 g/mol. The number of benzene rings is 1. The predicted molar refractivity (Wildman–Crippen MR) is 88.7 cm³/mol. The minimum atomic E-state index is -0.334. The third-order valence-corrected chi connectivity index (χ3v) is 4.49. The lowest BCUT2D eigenvalue weighted by atomic mass is 10.1. The molecule has 2 aromatic heterocycles. The van der Waals surface area contributed by atoms with Crippen molar-refractivity contribution in [1.29, 1.82) is 0 Å². The molecule has 0 fully saturated rings. The van der Waals surface area contributed by atoms with Crippen LogP contribution in [0.15, 0.2) is 45.0 Å². The number of aryl methyl sites for hydroxylation is 1. The van der Waals surface area contributed by atoms with Gasteiger partial charge in [0.2, 0.25) is 0 Å². The highest BCUT2D eigenvalue weighted by atomic mass is 32.2. The van der Waals surface area contributed by atoms with Gasteiger partial charge < -0.3 is 13.7 Å². The second-order valence-corrected chi connectivity index (χ2v) is 6.12. The molecule has 6 nitrogen and oxygen atoms in total. The first-order valence-corrected chi connectivity index (χ1v) is 8.19. The molecule has 3 aromatic rings. The van der Waals surface area contributed by atoms with Crippen molar-refractivity contribution in [3.05, 3.63) is 52.1 Å². The number of methoxy groups -OCH3 is 1. The van der Waals surface area contributed by atoms with E-state index in [9.17, 15) is 4.79 Å². The first-order valence-electron chi connectivity index (χ1n) is 7.20. The number of fused-ring (bicyclic) bond motifs is 1. The van der Waals surface area contributed by atoms with Gasteiger partial charge in [0.05, 0.1) is 6.61 Å². The minimum absolute atomic E-state index is 0.334. The third kappa shape index (κ3) is 3.62. The number of thioether (sulfide) groups is 1. The van der Waals surface area contributed by atoms with Crippen molar-refractivity contribution in [2.75, 3.05) is 13.7 Å². The van der Waals surface area contributed by atoms with Crippen molar-refractivity contribution in [2.45, 2.75) is 24.4 Å². The van der Waals surface area contributed by atoms with Crippen LogP contribution in [0.3, 0.4) is 0 Å². The van der Waals surface area contributed by atoms with Gasteiger partial charge in [0.25, 0.3) is 0 Å². The minimum Gasteiger partial charge on any atom is -0.423 e. The maximum atomic E-state index is 11.8. The average Bonchev–Trinajstić information content (AvgIpc) is 2.97. The highest BCUT2D eigenvalue weighted by molar-refractivity contribution is 7.98. The van der Waals surface area contributed by atoms with E-state index in [1.54, 1.807) is 19.5 Å². The molecule has 23 heavy (non-hydrogen) atoms. The molecule has 120 valence electrons. The summed E-state index contributed by atoms with van der Waals surface area (Å²) >= 11 is 1.54. The molecule has 0 radical (unpaired) electrons. The number of hydrogen-bond acceptors (Lipinski definition) is 6. The van der Waals surface area contributed by atoms with E-state index >= 15 is 0 Å². The molecule has 0 aliphatic carbocycles. The Kier molecular flexibility index (Phi) is 4.78. The summed E-state index contributed by atoms with van der Waals surface area (Å²) in [7, 11) is 1.66. The highest BCUT2D eigenvalue weighted by Crippen LogP contribution is 2.25. The molecule has 0 amide bonds. The summed E-state index contributed by atoms with van der Waals surface area (Å²) in [4.78, 5) is 11.8. The van der Waals surface area contributed by atoms with Crippen LogP contribution in [0.25, 0.3) is 11.0 Å². The van der Waals surface area contributed by atoms with E-state index in [0.717, 1.165) is 21.7 Å². The Morgan fingerprint density at radius 3 is 3.04 bits per heavy atom. The topological polar surface area (TPSA) is 70.2 Å². The molecule has 7 heteroatoms. The monoisotopic (exact) mass is 331 g/mol. The van der Waals surface area contributed by atoms with Gasteiger partial charge in [0.1, 0.15) is 11.9 Å². The average molecular weight is 331 g/mol. The van der Waals surface area contributed by atoms with E-state index in [-0.39, 0.29) is 5.63 Å². The first-order chi connectivity index (χ1) is 11.2. The van der Waals surface area contributed by atoms with Crippen molar-refractivity contribution in [2.24, 2.45) is 0 Å². The van der Waals surface area contributed by atoms with Gasteiger partial charge in [-0.05, 0) is 24.1 Å². The number of ether oxygens (including phenoxy) is 1. The van der Waals surface area contributed by atoms with Crippen LogP contribution < -0.4 is 5.63 Å². The highest BCUT2D eigenvalue weighted by Gasteiger charge is 2.10. The van der Waals surface area contributed by atoms with Crippen molar-refractivity contribution < 1.29 is 9.15 Å². The molecule has 0 spiro atoms. The van der Waals surface area contributed by atoms with Crippen LogP contribution in [-0.2, 0) is 17.0 Å². The van der Waals surface area contributed by atoms with Gasteiger partial charge in [-0.2, -0.15) is 0 Å². The quantitative estimate of drug-likeness (QED) is 0.511. The number of rotatable bonds is 6. The number of aromatic nitrogens is 3. The maximum Gasteiger partial charge on any atom is 0.336 e. The lowest BCUT2D eigenvalue weighted by Crippen LogP contribution is -2.05. The van der Waals surface area contributed by atoms with E-state index < -0.39 is 0 Å².